The van der Waals surface area contributed by atoms with Crippen molar-refractivity contribution in [2.24, 2.45) is 5.18 Å². The second-order valence-corrected chi connectivity index (χ2v) is 2.54. The van der Waals surface area contributed by atoms with Crippen LogP contribution in [0.1, 0.15) is 12.5 Å². The first-order valence-electron chi connectivity index (χ1n) is 3.78. The largest absolute Gasteiger partial charge is 0.461 e. The molecule has 0 bridgehead atoms. The summed E-state index contributed by atoms with van der Waals surface area (Å²) in [5, 5.41) is 2.75. The molecule has 0 amide bonds. The van der Waals surface area contributed by atoms with E-state index >= 15 is 0 Å². The molecule has 0 fully saturated rings. The lowest BCUT2D eigenvalue weighted by Gasteiger charge is -2.00. The molecule has 0 spiro atoms. The fourth-order valence-corrected chi connectivity index (χ4v) is 0.838. The second-order valence-electron chi connectivity index (χ2n) is 2.54. The van der Waals surface area contributed by atoms with Gasteiger partial charge in [-0.15, -0.1) is 4.91 Å². The van der Waals surface area contributed by atoms with Crippen molar-refractivity contribution in [2.45, 2.75) is 13.5 Å². The Bertz CT molecular complexity index is 305. The fraction of sp³-hybridized carbons (Fsp3) is 0.222. The summed E-state index contributed by atoms with van der Waals surface area (Å²) in [4.78, 5) is 20.5. The van der Waals surface area contributed by atoms with Crippen molar-refractivity contribution in [1.29, 1.82) is 0 Å². The Kier molecular flexibility index (Phi) is 3.14. The molecule has 0 radical (unpaired) electrons. The minimum absolute atomic E-state index is 0.231. The van der Waals surface area contributed by atoms with E-state index in [1.54, 1.807) is 24.3 Å². The van der Waals surface area contributed by atoms with Crippen LogP contribution in [0.3, 0.4) is 0 Å². The van der Waals surface area contributed by atoms with Crippen LogP contribution in [0.2, 0.25) is 0 Å². The molecular formula is C9H9NO3. The smallest absolute Gasteiger partial charge is 0.302 e. The number of rotatable bonds is 3. The standard InChI is InChI=1S/C9H9NO3/c1-7(11)13-6-8-2-4-9(10-12)5-3-8/h2-5H,6H2,1H3. The molecule has 0 heterocycles. The Hall–Kier alpha value is -1.71. The van der Waals surface area contributed by atoms with E-state index in [1.165, 1.54) is 6.92 Å². The molecule has 0 aliphatic heterocycles. The predicted molar refractivity (Wildman–Crippen MR) is 47.4 cm³/mol. The van der Waals surface area contributed by atoms with Crippen molar-refractivity contribution in [3.05, 3.63) is 34.7 Å². The number of nitrogens with zero attached hydrogens (tertiary/aromatic N) is 1. The maximum Gasteiger partial charge on any atom is 0.302 e. The van der Waals surface area contributed by atoms with Gasteiger partial charge in [-0.2, -0.15) is 0 Å². The van der Waals surface area contributed by atoms with Gasteiger partial charge in [0.25, 0.3) is 0 Å². The highest BCUT2D eigenvalue weighted by Gasteiger charge is 1.96. The van der Waals surface area contributed by atoms with Crippen molar-refractivity contribution in [3.8, 4) is 0 Å². The Morgan fingerprint density at radius 1 is 1.38 bits per heavy atom. The molecule has 0 saturated carbocycles. The summed E-state index contributed by atoms with van der Waals surface area (Å²) in [5.74, 6) is -0.322. The van der Waals surface area contributed by atoms with Gasteiger partial charge in [0.05, 0.1) is 0 Å². The lowest BCUT2D eigenvalue weighted by molar-refractivity contribution is -0.142. The third kappa shape index (κ3) is 3.02. The van der Waals surface area contributed by atoms with Crippen molar-refractivity contribution in [1.82, 2.24) is 0 Å². The minimum Gasteiger partial charge on any atom is -0.461 e. The van der Waals surface area contributed by atoms with E-state index in [2.05, 4.69) is 5.18 Å². The average molecular weight is 179 g/mol. The maximum atomic E-state index is 10.4. The average Bonchev–Trinajstić information content (AvgIpc) is 2.15. The third-order valence-corrected chi connectivity index (χ3v) is 1.48. The highest BCUT2D eigenvalue weighted by molar-refractivity contribution is 5.65. The van der Waals surface area contributed by atoms with Crippen LogP contribution in [0.25, 0.3) is 0 Å². The van der Waals surface area contributed by atoms with E-state index in [0.717, 1.165) is 5.56 Å². The van der Waals surface area contributed by atoms with Crippen LogP contribution < -0.4 is 0 Å². The van der Waals surface area contributed by atoms with Gasteiger partial charge in [0, 0.05) is 6.92 Å². The highest BCUT2D eigenvalue weighted by atomic mass is 16.5. The third-order valence-electron chi connectivity index (χ3n) is 1.48. The van der Waals surface area contributed by atoms with Gasteiger partial charge in [0.15, 0.2) is 0 Å². The predicted octanol–water partition coefficient (Wildman–Crippen LogP) is 2.15. The topological polar surface area (TPSA) is 55.7 Å². The van der Waals surface area contributed by atoms with E-state index in [9.17, 15) is 9.70 Å². The summed E-state index contributed by atoms with van der Waals surface area (Å²) < 4.78 is 4.75. The van der Waals surface area contributed by atoms with Gasteiger partial charge in [-0.05, 0) is 22.9 Å². The van der Waals surface area contributed by atoms with E-state index < -0.39 is 0 Å². The van der Waals surface area contributed by atoms with E-state index in [1.807, 2.05) is 0 Å². The molecule has 4 nitrogen and oxygen atoms in total. The summed E-state index contributed by atoms with van der Waals surface area (Å²) in [6, 6.07) is 6.54. The Balaban J connectivity index is 2.59. The van der Waals surface area contributed by atoms with Crippen LogP contribution in [0.15, 0.2) is 29.4 Å². The number of hydrogen-bond donors (Lipinski definition) is 0. The first-order valence-corrected chi connectivity index (χ1v) is 3.78. The molecule has 0 aliphatic rings. The van der Waals surface area contributed by atoms with Gasteiger partial charge in [0.2, 0.25) is 0 Å². The molecule has 0 atom stereocenters. The van der Waals surface area contributed by atoms with Crippen LogP contribution in [0.4, 0.5) is 5.69 Å². The molecule has 0 aliphatic carbocycles. The summed E-state index contributed by atoms with van der Waals surface area (Å²) in [5.41, 5.74) is 1.20. The Labute approximate surface area is 75.5 Å². The van der Waals surface area contributed by atoms with Gasteiger partial charge in [-0.1, -0.05) is 12.1 Å². The summed E-state index contributed by atoms with van der Waals surface area (Å²) in [7, 11) is 0. The Morgan fingerprint density at radius 3 is 2.46 bits per heavy atom. The second kappa shape index (κ2) is 4.35. The lowest BCUT2D eigenvalue weighted by atomic mass is 10.2. The lowest BCUT2D eigenvalue weighted by Crippen LogP contribution is -1.98. The van der Waals surface area contributed by atoms with Gasteiger partial charge in [0.1, 0.15) is 12.3 Å². The number of benzene rings is 1. The number of ether oxygens (including phenoxy) is 1. The zero-order valence-corrected chi connectivity index (χ0v) is 7.19. The fourth-order valence-electron chi connectivity index (χ4n) is 0.838. The number of carbonyl (C=O) groups excluding carboxylic acids is 1. The number of carbonyl (C=O) groups is 1. The highest BCUT2D eigenvalue weighted by Crippen LogP contribution is 2.12. The number of esters is 1. The molecule has 1 aromatic carbocycles. The monoisotopic (exact) mass is 179 g/mol. The van der Waals surface area contributed by atoms with E-state index in [0.29, 0.717) is 5.69 Å². The number of nitroso groups, excluding NO2 is 1. The van der Waals surface area contributed by atoms with Crippen LogP contribution in [0, 0.1) is 4.91 Å². The first kappa shape index (κ1) is 9.38. The summed E-state index contributed by atoms with van der Waals surface area (Å²) in [6.45, 7) is 1.58. The molecule has 1 rings (SSSR count). The van der Waals surface area contributed by atoms with Crippen molar-refractivity contribution < 1.29 is 9.53 Å². The zero-order valence-electron chi connectivity index (χ0n) is 7.19. The van der Waals surface area contributed by atoms with Gasteiger partial charge >= 0.3 is 5.97 Å². The molecule has 13 heavy (non-hydrogen) atoms. The van der Waals surface area contributed by atoms with Crippen LogP contribution in [-0.4, -0.2) is 5.97 Å². The van der Waals surface area contributed by atoms with Crippen molar-refractivity contribution in [2.75, 3.05) is 0 Å². The molecule has 1 aromatic rings. The quantitative estimate of drug-likeness (QED) is 0.527. The summed E-state index contributed by atoms with van der Waals surface area (Å²) in [6.07, 6.45) is 0. The molecule has 0 aromatic heterocycles. The van der Waals surface area contributed by atoms with Gasteiger partial charge < -0.3 is 4.74 Å². The van der Waals surface area contributed by atoms with Gasteiger partial charge in [-0.25, -0.2) is 0 Å². The van der Waals surface area contributed by atoms with Crippen molar-refractivity contribution in [3.63, 3.8) is 0 Å². The minimum atomic E-state index is -0.322. The van der Waals surface area contributed by atoms with E-state index in [-0.39, 0.29) is 12.6 Å². The molecule has 0 saturated heterocycles. The Morgan fingerprint density at radius 2 is 2.00 bits per heavy atom. The van der Waals surface area contributed by atoms with E-state index in [4.69, 9.17) is 4.74 Å². The molecular weight excluding hydrogens is 170 g/mol. The molecule has 4 heteroatoms. The first-order chi connectivity index (χ1) is 6.22. The van der Waals surface area contributed by atoms with Crippen LogP contribution in [0.5, 0.6) is 0 Å². The van der Waals surface area contributed by atoms with Crippen molar-refractivity contribution >= 4 is 11.7 Å². The molecule has 0 N–H and O–H groups in total. The van der Waals surface area contributed by atoms with Crippen LogP contribution in [-0.2, 0) is 16.1 Å². The normalized spacial score (nSPS) is 9.31. The zero-order chi connectivity index (χ0) is 9.68. The van der Waals surface area contributed by atoms with Gasteiger partial charge in [-0.3, -0.25) is 4.79 Å². The molecule has 68 valence electrons. The maximum absolute atomic E-state index is 10.4. The SMILES string of the molecule is CC(=O)OCc1ccc(N=O)cc1. The van der Waals surface area contributed by atoms with Crippen LogP contribution >= 0.6 is 0 Å². The summed E-state index contributed by atoms with van der Waals surface area (Å²) >= 11 is 0. The molecule has 0 unspecified atom stereocenters. The number of hydrogen-bond acceptors (Lipinski definition) is 4.